The Kier molecular flexibility index (Phi) is 3.48. The summed E-state index contributed by atoms with van der Waals surface area (Å²) in [6.45, 7) is 4.95. The third kappa shape index (κ3) is 1.97. The van der Waals surface area contributed by atoms with Crippen LogP contribution in [0.1, 0.15) is 58.8 Å². The fourth-order valence-electron chi connectivity index (χ4n) is 6.82. The summed E-state index contributed by atoms with van der Waals surface area (Å²) in [4.78, 5) is 10.9. The van der Waals surface area contributed by atoms with Crippen molar-refractivity contribution in [2.24, 2.45) is 46.1 Å². The molecule has 0 saturated heterocycles. The highest BCUT2D eigenvalue weighted by Crippen LogP contribution is 2.63. The summed E-state index contributed by atoms with van der Waals surface area (Å²) >= 11 is 0. The lowest BCUT2D eigenvalue weighted by Crippen LogP contribution is -2.51. The number of allylic oxidation sites excluding steroid dienone is 2. The first kappa shape index (κ1) is 14.9. The molecule has 4 aliphatic carbocycles. The highest BCUT2D eigenvalue weighted by molar-refractivity contribution is 5.13. The average Bonchev–Trinajstić information content (AvgIpc) is 2.83. The largest absolute Gasteiger partial charge is 0.393 e. The molecule has 0 bridgehead atoms. The molecule has 3 saturated carbocycles. The molecule has 3 nitrogen and oxygen atoms in total. The summed E-state index contributed by atoms with van der Waals surface area (Å²) in [5, 5.41) is 13.9. The zero-order valence-corrected chi connectivity index (χ0v) is 13.9. The number of rotatable bonds is 1. The Hall–Kier alpha value is -0.700. The van der Waals surface area contributed by atoms with Crippen molar-refractivity contribution in [2.75, 3.05) is 0 Å². The van der Waals surface area contributed by atoms with E-state index in [-0.39, 0.29) is 12.0 Å². The van der Waals surface area contributed by atoms with Crippen LogP contribution in [0.25, 0.3) is 0 Å². The van der Waals surface area contributed by atoms with Crippen LogP contribution >= 0.6 is 0 Å². The van der Waals surface area contributed by atoms with Crippen molar-refractivity contribution in [3.8, 4) is 0 Å². The zero-order chi connectivity index (χ0) is 15.5. The van der Waals surface area contributed by atoms with Crippen molar-refractivity contribution < 1.29 is 5.11 Å². The van der Waals surface area contributed by atoms with Gasteiger partial charge in [0.05, 0.1) is 11.8 Å². The van der Waals surface area contributed by atoms with Gasteiger partial charge in [-0.25, -0.2) is 0 Å². The molecule has 0 spiro atoms. The van der Waals surface area contributed by atoms with Crippen LogP contribution in [0.5, 0.6) is 0 Å². The molecule has 3 heteroatoms. The lowest BCUT2D eigenvalue weighted by Gasteiger charge is -2.56. The minimum absolute atomic E-state index is 0.227. The van der Waals surface area contributed by atoms with Crippen molar-refractivity contribution in [2.45, 2.75) is 64.9 Å². The highest BCUT2D eigenvalue weighted by atomic mass is 16.3. The fraction of sp³-hybridized carbons (Fsp3) is 0.895. The van der Waals surface area contributed by atoms with Crippen LogP contribution in [0.2, 0.25) is 0 Å². The van der Waals surface area contributed by atoms with E-state index in [4.69, 9.17) is 0 Å². The van der Waals surface area contributed by atoms with Crippen LogP contribution in [0.4, 0.5) is 0 Å². The van der Waals surface area contributed by atoms with Crippen molar-refractivity contribution in [3.05, 3.63) is 16.7 Å². The van der Waals surface area contributed by atoms with Crippen LogP contribution in [0, 0.1) is 45.8 Å². The van der Waals surface area contributed by atoms with Gasteiger partial charge in [0.1, 0.15) is 0 Å². The first-order chi connectivity index (χ1) is 10.5. The Balaban J connectivity index is 1.62. The molecule has 0 aromatic carbocycles. The van der Waals surface area contributed by atoms with Crippen molar-refractivity contribution in [1.29, 1.82) is 0 Å². The number of fused-ring (bicyclic) bond motifs is 5. The summed E-state index contributed by atoms with van der Waals surface area (Å²) < 4.78 is 0. The molecular weight excluding hydrogens is 274 g/mol. The van der Waals surface area contributed by atoms with Gasteiger partial charge in [0, 0.05) is 0 Å². The Morgan fingerprint density at radius 3 is 2.77 bits per heavy atom. The third-order valence-electron chi connectivity index (χ3n) is 8.26. The second kappa shape index (κ2) is 5.15. The van der Waals surface area contributed by atoms with Crippen molar-refractivity contribution in [1.82, 2.24) is 0 Å². The molecule has 3 fully saturated rings. The van der Waals surface area contributed by atoms with Gasteiger partial charge in [0.25, 0.3) is 0 Å². The van der Waals surface area contributed by atoms with E-state index in [1.165, 1.54) is 25.7 Å². The number of aliphatic hydroxyl groups excluding tert-OH is 1. The Morgan fingerprint density at radius 1 is 1.18 bits per heavy atom. The monoisotopic (exact) mass is 303 g/mol. The number of hydrogen-bond donors (Lipinski definition) is 1. The molecule has 122 valence electrons. The van der Waals surface area contributed by atoms with Crippen LogP contribution in [0.15, 0.2) is 16.9 Å². The van der Waals surface area contributed by atoms with E-state index in [1.54, 1.807) is 0 Å². The summed E-state index contributed by atoms with van der Waals surface area (Å²) in [6, 6.07) is 0. The number of hydrogen-bond acceptors (Lipinski definition) is 3. The van der Waals surface area contributed by atoms with Gasteiger partial charge in [-0.05, 0) is 91.0 Å². The van der Waals surface area contributed by atoms with Gasteiger partial charge in [-0.15, -0.1) is 4.91 Å². The predicted octanol–water partition coefficient (Wildman–Crippen LogP) is 4.51. The maximum Gasteiger partial charge on any atom is 0.0813 e. The minimum atomic E-state index is -0.227. The van der Waals surface area contributed by atoms with Crippen LogP contribution < -0.4 is 0 Å². The van der Waals surface area contributed by atoms with E-state index in [1.807, 2.05) is 6.08 Å². The predicted molar refractivity (Wildman–Crippen MR) is 86.9 cm³/mol. The van der Waals surface area contributed by atoms with Gasteiger partial charge in [-0.2, -0.15) is 0 Å². The molecular formula is C19H29NO2. The maximum absolute atomic E-state index is 10.9. The highest BCUT2D eigenvalue weighted by Gasteiger charge is 2.57. The smallest absolute Gasteiger partial charge is 0.0813 e. The zero-order valence-electron chi connectivity index (χ0n) is 13.9. The molecule has 0 heterocycles. The molecule has 8 atom stereocenters. The second-order valence-electron chi connectivity index (χ2n) is 8.81. The molecule has 0 radical (unpaired) electrons. The maximum atomic E-state index is 10.9. The fourth-order valence-corrected chi connectivity index (χ4v) is 6.82. The summed E-state index contributed by atoms with van der Waals surface area (Å²) in [5.41, 5.74) is 1.18. The lowest BCUT2D eigenvalue weighted by atomic mass is 9.49. The lowest BCUT2D eigenvalue weighted by molar-refractivity contribution is -0.101. The van der Waals surface area contributed by atoms with Crippen LogP contribution in [-0.2, 0) is 0 Å². The van der Waals surface area contributed by atoms with Gasteiger partial charge < -0.3 is 5.11 Å². The first-order valence-corrected chi connectivity index (χ1v) is 9.25. The molecule has 0 aromatic heterocycles. The topological polar surface area (TPSA) is 49.7 Å². The first-order valence-electron chi connectivity index (χ1n) is 9.25. The second-order valence-corrected chi connectivity index (χ2v) is 8.81. The standard InChI is InChI=1S/C19H29NO2/c1-11-3-6-17-15-10-18(21)16-9-12(20-22)4-5-13(16)14(15)7-8-19(11,17)2/h4,11,13-18,21H,3,5-10H2,1-2H3/t11?,13?,14?,15?,16?,17?,18?,19-/m1/s1. The van der Waals surface area contributed by atoms with Gasteiger partial charge >= 0.3 is 0 Å². The molecule has 22 heavy (non-hydrogen) atoms. The SMILES string of the molecule is CC1CCC2C3CC(O)C4CC(N=O)=CCC4C3CC[C@]12C. The van der Waals surface area contributed by atoms with Crippen molar-refractivity contribution in [3.63, 3.8) is 0 Å². The number of nitroso groups, excluding NO2 is 1. The molecule has 7 unspecified atom stereocenters. The average molecular weight is 303 g/mol. The van der Waals surface area contributed by atoms with E-state index in [2.05, 4.69) is 19.0 Å². The van der Waals surface area contributed by atoms with Gasteiger partial charge in [0.2, 0.25) is 0 Å². The normalized spacial score (nSPS) is 54.0. The molecule has 0 aliphatic heterocycles. The van der Waals surface area contributed by atoms with E-state index >= 15 is 0 Å². The molecule has 4 aliphatic rings. The Bertz CT molecular complexity index is 502. The summed E-state index contributed by atoms with van der Waals surface area (Å²) in [6.07, 6.45) is 9.87. The van der Waals surface area contributed by atoms with Crippen molar-refractivity contribution >= 4 is 0 Å². The summed E-state index contributed by atoms with van der Waals surface area (Å²) in [5.74, 6) is 3.99. The quantitative estimate of drug-likeness (QED) is 0.725. The van der Waals surface area contributed by atoms with Crippen LogP contribution in [-0.4, -0.2) is 11.2 Å². The minimum Gasteiger partial charge on any atom is -0.393 e. The van der Waals surface area contributed by atoms with E-state index < -0.39 is 0 Å². The Labute approximate surface area is 133 Å². The molecule has 0 aromatic rings. The van der Waals surface area contributed by atoms with Gasteiger partial charge in [-0.3, -0.25) is 0 Å². The van der Waals surface area contributed by atoms with Crippen LogP contribution in [0.3, 0.4) is 0 Å². The molecule has 4 rings (SSSR count). The van der Waals surface area contributed by atoms with E-state index in [0.717, 1.165) is 30.6 Å². The molecule has 1 N–H and O–H groups in total. The summed E-state index contributed by atoms with van der Waals surface area (Å²) in [7, 11) is 0. The Morgan fingerprint density at radius 2 is 2.00 bits per heavy atom. The third-order valence-corrected chi connectivity index (χ3v) is 8.26. The number of nitrogens with zero attached hydrogens (tertiary/aromatic N) is 1. The number of aliphatic hydroxyl groups is 1. The van der Waals surface area contributed by atoms with E-state index in [9.17, 15) is 10.0 Å². The molecule has 0 amide bonds. The van der Waals surface area contributed by atoms with E-state index in [0.29, 0.717) is 29.4 Å². The van der Waals surface area contributed by atoms with Gasteiger partial charge in [-0.1, -0.05) is 19.9 Å². The van der Waals surface area contributed by atoms with Gasteiger partial charge in [0.15, 0.2) is 0 Å².